The Morgan fingerprint density at radius 2 is 1.92 bits per heavy atom. The highest BCUT2D eigenvalue weighted by Crippen LogP contribution is 2.22. The van der Waals surface area contributed by atoms with Gasteiger partial charge in [0.1, 0.15) is 5.75 Å². The van der Waals surface area contributed by atoms with Crippen LogP contribution in [0.15, 0.2) is 24.3 Å². The Hall–Kier alpha value is -2.00. The van der Waals surface area contributed by atoms with E-state index in [1.807, 2.05) is 0 Å². The van der Waals surface area contributed by atoms with Crippen molar-refractivity contribution in [3.63, 3.8) is 0 Å². The van der Waals surface area contributed by atoms with Crippen molar-refractivity contribution < 1.29 is 32.6 Å². The maximum absolute atomic E-state index is 12.0. The second kappa shape index (κ2) is 8.91. The molecule has 0 saturated carbocycles. The molecule has 0 radical (unpaired) electrons. The topological polar surface area (TPSA) is 78.9 Å². The van der Waals surface area contributed by atoms with Crippen LogP contribution in [0.1, 0.15) is 12.0 Å². The van der Waals surface area contributed by atoms with Gasteiger partial charge in [0.05, 0.1) is 12.5 Å². The van der Waals surface area contributed by atoms with Gasteiger partial charge in [0.2, 0.25) is 5.91 Å². The summed E-state index contributed by atoms with van der Waals surface area (Å²) < 4.78 is 39.9. The van der Waals surface area contributed by atoms with Crippen LogP contribution in [-0.2, 0) is 16.1 Å². The van der Waals surface area contributed by atoms with Crippen LogP contribution < -0.4 is 10.1 Å². The zero-order valence-corrected chi connectivity index (χ0v) is 13.9. The number of carboxylic acid groups (broad SMARTS) is 1. The van der Waals surface area contributed by atoms with E-state index in [0.717, 1.165) is 0 Å². The number of hydrogen-bond donors (Lipinski definition) is 2. The van der Waals surface area contributed by atoms with E-state index in [1.165, 1.54) is 24.3 Å². The minimum atomic E-state index is -4.74. The van der Waals surface area contributed by atoms with Crippen LogP contribution in [0.4, 0.5) is 13.2 Å². The van der Waals surface area contributed by atoms with Gasteiger partial charge >= 0.3 is 12.3 Å². The Morgan fingerprint density at radius 3 is 2.44 bits per heavy atom. The summed E-state index contributed by atoms with van der Waals surface area (Å²) in [6.45, 7) is 1.15. The molecular weight excluding hydrogens is 365 g/mol. The van der Waals surface area contributed by atoms with Gasteiger partial charge in [-0.05, 0) is 30.7 Å². The highest BCUT2D eigenvalue weighted by atomic mass is 35.5. The van der Waals surface area contributed by atoms with Crippen molar-refractivity contribution >= 4 is 24.3 Å². The molecule has 1 aliphatic heterocycles. The number of carbonyl (C=O) groups is 2. The minimum Gasteiger partial charge on any atom is -0.481 e. The molecule has 140 valence electrons. The number of alkyl halides is 3. The molecule has 0 bridgehead atoms. The molecule has 0 aromatic heterocycles. The molecule has 1 aliphatic rings. The molecule has 0 spiro atoms. The van der Waals surface area contributed by atoms with E-state index < -0.39 is 18.2 Å². The lowest BCUT2D eigenvalue weighted by molar-refractivity contribution is -0.274. The number of halogens is 4. The maximum Gasteiger partial charge on any atom is 0.573 e. The molecule has 1 saturated heterocycles. The number of carboxylic acids is 1. The van der Waals surface area contributed by atoms with Crippen LogP contribution in [0, 0.1) is 5.92 Å². The summed E-state index contributed by atoms with van der Waals surface area (Å²) in [6.07, 6.45) is -4.22. The predicted octanol–water partition coefficient (Wildman–Crippen LogP) is 2.03. The van der Waals surface area contributed by atoms with Crippen molar-refractivity contribution in [3.05, 3.63) is 29.8 Å². The van der Waals surface area contributed by atoms with Crippen LogP contribution in [0.3, 0.4) is 0 Å². The van der Waals surface area contributed by atoms with Gasteiger partial charge in [-0.15, -0.1) is 25.6 Å². The number of hydrogen-bond acceptors (Lipinski definition) is 4. The van der Waals surface area contributed by atoms with Crippen LogP contribution in [0.25, 0.3) is 0 Å². The molecule has 6 nitrogen and oxygen atoms in total. The van der Waals surface area contributed by atoms with Gasteiger partial charge in [-0.2, -0.15) is 0 Å². The second-order valence-corrected chi connectivity index (χ2v) is 5.53. The third kappa shape index (κ3) is 7.18. The van der Waals surface area contributed by atoms with Crippen molar-refractivity contribution in [2.45, 2.75) is 19.3 Å². The minimum absolute atomic E-state index is 0. The fourth-order valence-corrected chi connectivity index (χ4v) is 2.45. The third-order valence-corrected chi connectivity index (χ3v) is 3.64. The molecule has 1 aromatic carbocycles. The highest BCUT2D eigenvalue weighted by molar-refractivity contribution is 5.85. The summed E-state index contributed by atoms with van der Waals surface area (Å²) in [7, 11) is 0. The average molecular weight is 383 g/mol. The number of likely N-dealkylation sites (tertiary alicyclic amines) is 1. The van der Waals surface area contributed by atoms with Gasteiger partial charge in [-0.25, -0.2) is 0 Å². The van der Waals surface area contributed by atoms with Crippen LogP contribution in [0.5, 0.6) is 5.75 Å². The number of carbonyl (C=O) groups excluding carboxylic acids is 1. The number of rotatable bonds is 6. The summed E-state index contributed by atoms with van der Waals surface area (Å²) in [6, 6.07) is 5.20. The fraction of sp³-hybridized carbons (Fsp3) is 0.467. The molecule has 0 aliphatic carbocycles. The Kier molecular flexibility index (Phi) is 7.50. The van der Waals surface area contributed by atoms with Crippen molar-refractivity contribution in [1.29, 1.82) is 0 Å². The summed E-state index contributed by atoms with van der Waals surface area (Å²) in [5.74, 6) is -1.90. The predicted molar refractivity (Wildman–Crippen MR) is 84.4 cm³/mol. The second-order valence-electron chi connectivity index (χ2n) is 5.53. The van der Waals surface area contributed by atoms with Crippen molar-refractivity contribution in [3.8, 4) is 5.75 Å². The largest absolute Gasteiger partial charge is 0.573 e. The standard InChI is InChI=1S/C15H17F3N2O4.ClH/c16-15(17,18)24-12-3-1-10(2-4-12)7-19-13(21)9-20-6-5-11(8-20)14(22)23;/h1-4,11H,5-9H2,(H,19,21)(H,22,23);1H. The van der Waals surface area contributed by atoms with E-state index in [2.05, 4.69) is 10.1 Å². The summed E-state index contributed by atoms with van der Waals surface area (Å²) in [5.41, 5.74) is 0.628. The number of aliphatic carboxylic acids is 1. The molecule has 2 N–H and O–H groups in total. The molecular formula is C15H18ClF3N2O4. The summed E-state index contributed by atoms with van der Waals surface area (Å²) >= 11 is 0. The first-order valence-electron chi connectivity index (χ1n) is 7.29. The molecule has 1 aromatic rings. The molecule has 10 heteroatoms. The summed E-state index contributed by atoms with van der Waals surface area (Å²) in [5, 5.41) is 11.5. The first-order chi connectivity index (χ1) is 11.2. The molecule has 1 atom stereocenters. The van der Waals surface area contributed by atoms with Gasteiger partial charge in [0.25, 0.3) is 0 Å². The number of benzene rings is 1. The SMILES string of the molecule is Cl.O=C(CN1CCC(C(=O)O)C1)NCc1ccc(OC(F)(F)F)cc1. The number of nitrogens with one attached hydrogen (secondary N) is 1. The Bertz CT molecular complexity index is 595. The van der Waals surface area contributed by atoms with E-state index in [1.54, 1.807) is 4.90 Å². The molecule has 1 heterocycles. The molecule has 1 amide bonds. The lowest BCUT2D eigenvalue weighted by Gasteiger charge is -2.15. The monoisotopic (exact) mass is 382 g/mol. The normalized spacial score (nSPS) is 17.6. The Morgan fingerprint density at radius 1 is 1.28 bits per heavy atom. The van der Waals surface area contributed by atoms with Crippen LogP contribution in [0.2, 0.25) is 0 Å². The van der Waals surface area contributed by atoms with Crippen LogP contribution >= 0.6 is 12.4 Å². The highest BCUT2D eigenvalue weighted by Gasteiger charge is 2.31. The smallest absolute Gasteiger partial charge is 0.481 e. The Labute approximate surface area is 148 Å². The van der Waals surface area contributed by atoms with Gasteiger partial charge in [-0.3, -0.25) is 14.5 Å². The zero-order valence-electron chi connectivity index (χ0n) is 13.1. The first kappa shape index (κ1) is 21.0. The molecule has 1 unspecified atom stereocenters. The number of nitrogens with zero attached hydrogens (tertiary/aromatic N) is 1. The van der Waals surface area contributed by atoms with E-state index in [4.69, 9.17) is 5.11 Å². The van der Waals surface area contributed by atoms with Crippen molar-refractivity contribution in [2.24, 2.45) is 5.92 Å². The molecule has 1 fully saturated rings. The van der Waals surface area contributed by atoms with E-state index >= 15 is 0 Å². The molecule has 25 heavy (non-hydrogen) atoms. The zero-order chi connectivity index (χ0) is 17.7. The van der Waals surface area contributed by atoms with Gasteiger partial charge < -0.3 is 15.2 Å². The van der Waals surface area contributed by atoms with Crippen molar-refractivity contribution in [1.82, 2.24) is 10.2 Å². The fourth-order valence-electron chi connectivity index (χ4n) is 2.45. The average Bonchev–Trinajstić information content (AvgIpc) is 2.93. The van der Waals surface area contributed by atoms with Crippen molar-refractivity contribution in [2.75, 3.05) is 19.6 Å². The maximum atomic E-state index is 12.0. The van der Waals surface area contributed by atoms with Gasteiger partial charge in [-0.1, -0.05) is 12.1 Å². The first-order valence-corrected chi connectivity index (χ1v) is 7.29. The van der Waals surface area contributed by atoms with Gasteiger partial charge in [0, 0.05) is 13.1 Å². The third-order valence-electron chi connectivity index (χ3n) is 3.64. The van der Waals surface area contributed by atoms with E-state index in [-0.39, 0.29) is 37.2 Å². The number of amides is 1. The van der Waals surface area contributed by atoms with E-state index in [9.17, 15) is 22.8 Å². The number of ether oxygens (including phenoxy) is 1. The quantitative estimate of drug-likeness (QED) is 0.787. The lowest BCUT2D eigenvalue weighted by atomic mass is 10.1. The Balaban J connectivity index is 0.00000312. The lowest BCUT2D eigenvalue weighted by Crippen LogP contribution is -2.36. The van der Waals surface area contributed by atoms with Gasteiger partial charge in [0.15, 0.2) is 0 Å². The van der Waals surface area contributed by atoms with Crippen LogP contribution in [-0.4, -0.2) is 47.9 Å². The van der Waals surface area contributed by atoms with E-state index in [0.29, 0.717) is 25.1 Å². The summed E-state index contributed by atoms with van der Waals surface area (Å²) in [4.78, 5) is 24.4. The molecule has 2 rings (SSSR count).